The van der Waals surface area contributed by atoms with Crippen molar-refractivity contribution in [2.75, 3.05) is 7.11 Å². The summed E-state index contributed by atoms with van der Waals surface area (Å²) in [6.45, 7) is 2.13. The fraction of sp³-hybridized carbons (Fsp3) is 0.889. The summed E-state index contributed by atoms with van der Waals surface area (Å²) in [6.07, 6.45) is 3.78. The number of hydrogen-bond acceptors (Lipinski definition) is 3. The van der Waals surface area contributed by atoms with E-state index in [2.05, 4.69) is 11.7 Å². The van der Waals surface area contributed by atoms with E-state index >= 15 is 0 Å². The van der Waals surface area contributed by atoms with Crippen LogP contribution in [0.5, 0.6) is 0 Å². The zero-order valence-corrected chi connectivity index (χ0v) is 7.80. The second kappa shape index (κ2) is 3.44. The highest BCUT2D eigenvalue weighted by molar-refractivity contribution is 5.70. The molecule has 1 fully saturated rings. The number of nitrogens with two attached hydrogens (primary N) is 1. The highest BCUT2D eigenvalue weighted by Crippen LogP contribution is 2.51. The summed E-state index contributed by atoms with van der Waals surface area (Å²) < 4.78 is 4.57. The highest BCUT2D eigenvalue weighted by atomic mass is 16.5. The van der Waals surface area contributed by atoms with Gasteiger partial charge in [-0.1, -0.05) is 6.92 Å². The van der Waals surface area contributed by atoms with Gasteiger partial charge in [-0.15, -0.1) is 0 Å². The number of ether oxygens (including phenoxy) is 1. The molecule has 0 aromatic heterocycles. The lowest BCUT2D eigenvalue weighted by atomic mass is 9.92. The maximum absolute atomic E-state index is 10.9. The average Bonchev–Trinajstić information content (AvgIpc) is 2.84. The second-order valence-corrected chi connectivity index (χ2v) is 3.60. The first-order valence-electron chi connectivity index (χ1n) is 4.47. The molecule has 1 rings (SSSR count). The van der Waals surface area contributed by atoms with E-state index < -0.39 is 0 Å². The Morgan fingerprint density at radius 1 is 1.67 bits per heavy atom. The van der Waals surface area contributed by atoms with Crippen LogP contribution >= 0.6 is 0 Å². The maximum Gasteiger partial charge on any atom is 0.307 e. The Morgan fingerprint density at radius 2 is 2.25 bits per heavy atom. The van der Waals surface area contributed by atoms with Gasteiger partial charge in [-0.2, -0.15) is 0 Å². The summed E-state index contributed by atoms with van der Waals surface area (Å²) in [5.74, 6) is -0.192. The lowest BCUT2D eigenvalue weighted by Gasteiger charge is -2.20. The maximum atomic E-state index is 10.9. The molecule has 3 nitrogen and oxygen atoms in total. The van der Waals surface area contributed by atoms with E-state index in [9.17, 15) is 4.79 Å². The summed E-state index contributed by atoms with van der Waals surface area (Å²) in [7, 11) is 1.40. The van der Waals surface area contributed by atoms with Crippen molar-refractivity contribution in [1.82, 2.24) is 0 Å². The third-order valence-corrected chi connectivity index (χ3v) is 3.00. The molecule has 2 N–H and O–H groups in total. The van der Waals surface area contributed by atoms with E-state index in [1.807, 2.05) is 0 Å². The lowest BCUT2D eigenvalue weighted by molar-refractivity contribution is -0.141. The van der Waals surface area contributed by atoms with Crippen LogP contribution in [-0.2, 0) is 9.53 Å². The van der Waals surface area contributed by atoms with Crippen LogP contribution in [0.2, 0.25) is 0 Å². The lowest BCUT2D eigenvalue weighted by Crippen LogP contribution is -2.33. The monoisotopic (exact) mass is 171 g/mol. The van der Waals surface area contributed by atoms with Crippen LogP contribution in [-0.4, -0.2) is 19.1 Å². The Bertz CT molecular complexity index is 175. The van der Waals surface area contributed by atoms with Crippen LogP contribution in [0.15, 0.2) is 0 Å². The summed E-state index contributed by atoms with van der Waals surface area (Å²) in [6, 6.07) is -0.00468. The number of carbonyl (C=O) groups is 1. The SMILES string of the molecule is CCC1(C(N)CC(=O)OC)CC1. The number of rotatable bonds is 4. The first kappa shape index (κ1) is 9.52. The molecule has 0 spiro atoms. The fourth-order valence-electron chi connectivity index (χ4n) is 1.63. The summed E-state index contributed by atoms with van der Waals surface area (Å²) >= 11 is 0. The van der Waals surface area contributed by atoms with Gasteiger partial charge in [0.1, 0.15) is 0 Å². The Morgan fingerprint density at radius 3 is 2.58 bits per heavy atom. The fourth-order valence-corrected chi connectivity index (χ4v) is 1.63. The summed E-state index contributed by atoms with van der Waals surface area (Å²) in [5, 5.41) is 0. The number of carbonyl (C=O) groups excluding carboxylic acids is 1. The van der Waals surface area contributed by atoms with Crippen molar-refractivity contribution >= 4 is 5.97 Å². The molecule has 0 aromatic rings. The normalized spacial score (nSPS) is 21.6. The molecule has 12 heavy (non-hydrogen) atoms. The van der Waals surface area contributed by atoms with E-state index in [1.165, 1.54) is 20.0 Å². The molecule has 0 amide bonds. The zero-order valence-electron chi connectivity index (χ0n) is 7.80. The quantitative estimate of drug-likeness (QED) is 0.644. The van der Waals surface area contributed by atoms with Crippen LogP contribution in [0.1, 0.15) is 32.6 Å². The Labute approximate surface area is 73.3 Å². The van der Waals surface area contributed by atoms with Crippen molar-refractivity contribution in [3.05, 3.63) is 0 Å². The highest BCUT2D eigenvalue weighted by Gasteiger charge is 2.46. The minimum absolute atomic E-state index is 0.00468. The molecule has 1 aliphatic rings. The van der Waals surface area contributed by atoms with Gasteiger partial charge in [0.05, 0.1) is 13.5 Å². The van der Waals surface area contributed by atoms with Gasteiger partial charge < -0.3 is 10.5 Å². The van der Waals surface area contributed by atoms with Crippen LogP contribution < -0.4 is 5.73 Å². The zero-order chi connectivity index (χ0) is 9.19. The van der Waals surface area contributed by atoms with E-state index in [0.717, 1.165) is 6.42 Å². The third kappa shape index (κ3) is 1.78. The van der Waals surface area contributed by atoms with Crippen molar-refractivity contribution in [1.29, 1.82) is 0 Å². The van der Waals surface area contributed by atoms with Gasteiger partial charge in [-0.05, 0) is 24.7 Å². The Hall–Kier alpha value is -0.570. The topological polar surface area (TPSA) is 52.3 Å². The van der Waals surface area contributed by atoms with Crippen LogP contribution in [0.25, 0.3) is 0 Å². The largest absolute Gasteiger partial charge is 0.469 e. The second-order valence-electron chi connectivity index (χ2n) is 3.60. The third-order valence-electron chi connectivity index (χ3n) is 3.00. The first-order chi connectivity index (χ1) is 5.64. The van der Waals surface area contributed by atoms with Gasteiger partial charge in [-0.25, -0.2) is 0 Å². The molecule has 0 aromatic carbocycles. The van der Waals surface area contributed by atoms with E-state index in [0.29, 0.717) is 6.42 Å². The van der Waals surface area contributed by atoms with Gasteiger partial charge in [0.2, 0.25) is 0 Å². The molecule has 3 heteroatoms. The Kier molecular flexibility index (Phi) is 2.73. The predicted octanol–water partition coefficient (Wildman–Crippen LogP) is 1.07. The van der Waals surface area contributed by atoms with Gasteiger partial charge in [0, 0.05) is 6.04 Å². The van der Waals surface area contributed by atoms with E-state index in [-0.39, 0.29) is 17.4 Å². The molecule has 1 unspecified atom stereocenters. The molecule has 0 radical (unpaired) electrons. The van der Waals surface area contributed by atoms with Crippen LogP contribution in [0.4, 0.5) is 0 Å². The molecule has 1 aliphatic carbocycles. The predicted molar refractivity (Wildman–Crippen MR) is 46.6 cm³/mol. The molecule has 1 saturated carbocycles. The molecule has 1 atom stereocenters. The molecule has 0 heterocycles. The first-order valence-corrected chi connectivity index (χ1v) is 4.47. The molecule has 0 bridgehead atoms. The summed E-state index contributed by atoms with van der Waals surface area (Å²) in [4.78, 5) is 10.9. The van der Waals surface area contributed by atoms with E-state index in [1.54, 1.807) is 0 Å². The van der Waals surface area contributed by atoms with Crippen LogP contribution in [0.3, 0.4) is 0 Å². The molecular formula is C9H17NO2. The van der Waals surface area contributed by atoms with Crippen molar-refractivity contribution in [2.45, 2.75) is 38.6 Å². The van der Waals surface area contributed by atoms with Gasteiger partial charge in [0.15, 0.2) is 0 Å². The van der Waals surface area contributed by atoms with Gasteiger partial charge in [-0.3, -0.25) is 4.79 Å². The summed E-state index contributed by atoms with van der Waals surface area (Å²) in [5.41, 5.74) is 6.16. The van der Waals surface area contributed by atoms with Crippen molar-refractivity contribution in [2.24, 2.45) is 11.1 Å². The number of esters is 1. The molecule has 0 aliphatic heterocycles. The minimum atomic E-state index is -0.192. The van der Waals surface area contributed by atoms with E-state index in [4.69, 9.17) is 5.73 Å². The standard InChI is InChI=1S/C9H17NO2/c1-3-9(4-5-9)7(10)6-8(11)12-2/h7H,3-6,10H2,1-2H3. The van der Waals surface area contributed by atoms with Gasteiger partial charge in [0.25, 0.3) is 0 Å². The van der Waals surface area contributed by atoms with Crippen LogP contribution in [0, 0.1) is 5.41 Å². The number of hydrogen-bond donors (Lipinski definition) is 1. The average molecular weight is 171 g/mol. The smallest absolute Gasteiger partial charge is 0.307 e. The van der Waals surface area contributed by atoms with Crippen molar-refractivity contribution in [3.63, 3.8) is 0 Å². The minimum Gasteiger partial charge on any atom is -0.469 e. The molecular weight excluding hydrogens is 154 g/mol. The Balaban J connectivity index is 2.37. The molecule has 70 valence electrons. The van der Waals surface area contributed by atoms with Crippen molar-refractivity contribution in [3.8, 4) is 0 Å². The molecule has 0 saturated heterocycles. The van der Waals surface area contributed by atoms with Gasteiger partial charge >= 0.3 is 5.97 Å². The van der Waals surface area contributed by atoms with Crippen molar-refractivity contribution < 1.29 is 9.53 Å². The number of methoxy groups -OCH3 is 1.